The Labute approximate surface area is 129 Å². The van der Waals surface area contributed by atoms with E-state index in [0.717, 1.165) is 47.0 Å². The third-order valence-electron chi connectivity index (χ3n) is 3.62. The third kappa shape index (κ3) is 2.16. The number of fused-ring (bicyclic) bond motifs is 2. The van der Waals surface area contributed by atoms with Gasteiger partial charge >= 0.3 is 0 Å². The van der Waals surface area contributed by atoms with Gasteiger partial charge in [-0.2, -0.15) is 0 Å². The highest BCUT2D eigenvalue weighted by Crippen LogP contribution is 2.44. The van der Waals surface area contributed by atoms with Gasteiger partial charge in [0, 0.05) is 18.0 Å². The van der Waals surface area contributed by atoms with Crippen molar-refractivity contribution >= 4 is 44.3 Å². The Bertz CT molecular complexity index is 789. The van der Waals surface area contributed by atoms with Gasteiger partial charge < -0.3 is 10.6 Å². The van der Waals surface area contributed by atoms with Gasteiger partial charge in [-0.1, -0.05) is 12.1 Å². The Kier molecular flexibility index (Phi) is 3.21. The Hall–Kier alpha value is -1.76. The molecule has 2 aromatic heterocycles. The molecule has 1 aliphatic heterocycles. The zero-order chi connectivity index (χ0) is 14.2. The highest BCUT2D eigenvalue weighted by atomic mass is 32.1. The van der Waals surface area contributed by atoms with E-state index >= 15 is 0 Å². The first kappa shape index (κ1) is 12.9. The van der Waals surface area contributed by atoms with Crippen LogP contribution in [0.25, 0.3) is 20.8 Å². The molecule has 0 fully saturated rings. The van der Waals surface area contributed by atoms with E-state index in [-0.39, 0.29) is 0 Å². The van der Waals surface area contributed by atoms with Gasteiger partial charge in [-0.3, -0.25) is 4.79 Å². The normalized spacial score (nSPS) is 14.1. The summed E-state index contributed by atoms with van der Waals surface area (Å²) in [5.41, 5.74) is 3.39. The average molecular weight is 315 g/mol. The lowest BCUT2D eigenvalue weighted by Crippen LogP contribution is -2.22. The highest BCUT2D eigenvalue weighted by Gasteiger charge is 2.23. The van der Waals surface area contributed by atoms with Crippen molar-refractivity contribution in [2.45, 2.75) is 13.0 Å². The summed E-state index contributed by atoms with van der Waals surface area (Å²) in [6.07, 6.45) is 1.76. The second-order valence-corrected chi connectivity index (χ2v) is 7.02. The number of thiazole rings is 1. The van der Waals surface area contributed by atoms with E-state index in [2.05, 4.69) is 16.7 Å². The number of carbonyl (C=O) groups is 1. The highest BCUT2D eigenvalue weighted by molar-refractivity contribution is 7.22. The number of hydrogen-bond acceptors (Lipinski definition) is 5. The molecule has 0 radical (unpaired) electrons. The third-order valence-corrected chi connectivity index (χ3v) is 5.90. The first-order valence-electron chi connectivity index (χ1n) is 6.78. The maximum atomic E-state index is 10.9. The summed E-state index contributed by atoms with van der Waals surface area (Å²) in [5, 5.41) is 8.16. The summed E-state index contributed by atoms with van der Waals surface area (Å²) >= 11 is 3.36. The smallest absolute Gasteiger partial charge is 0.212 e. The standard InChI is InChI=1S/C15H13N3OS2/c19-8-17-14-13(9-7-16-6-5-11(9)20-14)15-18-10-3-1-2-4-12(10)21-15/h1-4,8,16H,5-7H2,(H,17,19). The molecule has 0 bridgehead atoms. The molecule has 3 aromatic rings. The van der Waals surface area contributed by atoms with E-state index in [1.54, 1.807) is 22.7 Å². The number of thiophene rings is 1. The number of nitrogens with one attached hydrogen (secondary N) is 2. The van der Waals surface area contributed by atoms with Crippen molar-refractivity contribution in [3.8, 4) is 10.6 Å². The van der Waals surface area contributed by atoms with Crippen molar-refractivity contribution in [2.24, 2.45) is 0 Å². The first-order chi connectivity index (χ1) is 10.4. The van der Waals surface area contributed by atoms with Gasteiger partial charge in [0.05, 0.1) is 15.8 Å². The Balaban J connectivity index is 1.93. The van der Waals surface area contributed by atoms with Crippen molar-refractivity contribution in [3.63, 3.8) is 0 Å². The van der Waals surface area contributed by atoms with Crippen LogP contribution in [0.5, 0.6) is 0 Å². The largest absolute Gasteiger partial charge is 0.320 e. The molecule has 0 spiro atoms. The maximum absolute atomic E-state index is 10.9. The molecule has 21 heavy (non-hydrogen) atoms. The molecule has 0 aliphatic carbocycles. The summed E-state index contributed by atoms with van der Waals surface area (Å²) in [5.74, 6) is 0. The first-order valence-corrected chi connectivity index (χ1v) is 8.41. The second-order valence-electron chi connectivity index (χ2n) is 4.88. The van der Waals surface area contributed by atoms with Crippen molar-refractivity contribution in [1.82, 2.24) is 10.3 Å². The number of aromatic nitrogens is 1. The van der Waals surface area contributed by atoms with E-state index in [1.807, 2.05) is 18.2 Å². The van der Waals surface area contributed by atoms with Gasteiger partial charge in [-0.25, -0.2) is 4.98 Å². The van der Waals surface area contributed by atoms with Gasteiger partial charge in [0.25, 0.3) is 0 Å². The summed E-state index contributed by atoms with van der Waals surface area (Å²) in [4.78, 5) is 17.0. The summed E-state index contributed by atoms with van der Waals surface area (Å²) < 4.78 is 1.17. The quantitative estimate of drug-likeness (QED) is 0.730. The lowest BCUT2D eigenvalue weighted by Gasteiger charge is -2.13. The number of rotatable bonds is 3. The maximum Gasteiger partial charge on any atom is 0.212 e. The zero-order valence-corrected chi connectivity index (χ0v) is 12.8. The number of nitrogens with zero attached hydrogens (tertiary/aromatic N) is 1. The van der Waals surface area contributed by atoms with Crippen LogP contribution in [0.15, 0.2) is 24.3 Å². The molecule has 1 aromatic carbocycles. The van der Waals surface area contributed by atoms with E-state index in [0.29, 0.717) is 0 Å². The van der Waals surface area contributed by atoms with Crippen LogP contribution in [0.4, 0.5) is 5.00 Å². The molecule has 1 aliphatic rings. The van der Waals surface area contributed by atoms with E-state index in [4.69, 9.17) is 4.98 Å². The summed E-state index contributed by atoms with van der Waals surface area (Å²) in [7, 11) is 0. The van der Waals surface area contributed by atoms with Crippen molar-refractivity contribution in [3.05, 3.63) is 34.7 Å². The van der Waals surface area contributed by atoms with E-state index < -0.39 is 0 Å². The van der Waals surface area contributed by atoms with Crippen LogP contribution in [0.3, 0.4) is 0 Å². The lowest BCUT2D eigenvalue weighted by atomic mass is 10.1. The van der Waals surface area contributed by atoms with Crippen molar-refractivity contribution in [1.29, 1.82) is 0 Å². The van der Waals surface area contributed by atoms with Gasteiger partial charge in [-0.15, -0.1) is 22.7 Å². The van der Waals surface area contributed by atoms with Crippen LogP contribution < -0.4 is 10.6 Å². The average Bonchev–Trinajstić information content (AvgIpc) is 3.07. The minimum atomic E-state index is 0.752. The number of hydrogen-bond donors (Lipinski definition) is 2. The van der Waals surface area contributed by atoms with Crippen LogP contribution in [0, 0.1) is 0 Å². The molecular formula is C15H13N3OS2. The number of amides is 1. The number of benzene rings is 1. The fourth-order valence-electron chi connectivity index (χ4n) is 2.68. The number of anilines is 1. The molecular weight excluding hydrogens is 302 g/mol. The van der Waals surface area contributed by atoms with Crippen molar-refractivity contribution < 1.29 is 4.79 Å². The predicted molar refractivity (Wildman–Crippen MR) is 88.0 cm³/mol. The molecule has 4 nitrogen and oxygen atoms in total. The molecule has 2 N–H and O–H groups in total. The van der Waals surface area contributed by atoms with Crippen LogP contribution >= 0.6 is 22.7 Å². The molecule has 3 heterocycles. The zero-order valence-electron chi connectivity index (χ0n) is 11.2. The van der Waals surface area contributed by atoms with Crippen LogP contribution in [0.1, 0.15) is 10.4 Å². The summed E-state index contributed by atoms with van der Waals surface area (Å²) in [6.45, 7) is 1.84. The summed E-state index contributed by atoms with van der Waals surface area (Å²) in [6, 6.07) is 8.14. The van der Waals surface area contributed by atoms with E-state index in [1.165, 1.54) is 15.1 Å². The monoisotopic (exact) mass is 315 g/mol. The number of para-hydroxylation sites is 1. The SMILES string of the molecule is O=CNc1sc2c(c1-c1nc3ccccc3s1)CNCC2. The van der Waals surface area contributed by atoms with Gasteiger partial charge in [0.1, 0.15) is 10.0 Å². The molecule has 4 rings (SSSR count). The minimum absolute atomic E-state index is 0.752. The van der Waals surface area contributed by atoms with Crippen LogP contribution in [-0.2, 0) is 17.8 Å². The molecule has 0 unspecified atom stereocenters. The van der Waals surface area contributed by atoms with E-state index in [9.17, 15) is 4.79 Å². The number of carbonyl (C=O) groups excluding carboxylic acids is 1. The van der Waals surface area contributed by atoms with Gasteiger partial charge in [-0.05, 0) is 24.1 Å². The fourth-order valence-corrected chi connectivity index (χ4v) is 4.96. The topological polar surface area (TPSA) is 54.0 Å². The molecule has 0 atom stereocenters. The Morgan fingerprint density at radius 1 is 1.29 bits per heavy atom. The van der Waals surface area contributed by atoms with Crippen LogP contribution in [0.2, 0.25) is 0 Å². The van der Waals surface area contributed by atoms with Gasteiger partial charge in [0.2, 0.25) is 6.41 Å². The van der Waals surface area contributed by atoms with Crippen molar-refractivity contribution in [2.75, 3.05) is 11.9 Å². The molecule has 106 valence electrons. The fraction of sp³-hybridized carbons (Fsp3) is 0.200. The van der Waals surface area contributed by atoms with Crippen LogP contribution in [-0.4, -0.2) is 17.9 Å². The molecule has 1 amide bonds. The second kappa shape index (κ2) is 5.22. The Morgan fingerprint density at radius 2 is 2.19 bits per heavy atom. The minimum Gasteiger partial charge on any atom is -0.320 e. The molecule has 6 heteroatoms. The van der Waals surface area contributed by atoms with Gasteiger partial charge in [0.15, 0.2) is 0 Å². The predicted octanol–water partition coefficient (Wildman–Crippen LogP) is 3.24. The lowest BCUT2D eigenvalue weighted by molar-refractivity contribution is -0.105. The molecule has 0 saturated heterocycles. The molecule has 0 saturated carbocycles. The Morgan fingerprint density at radius 3 is 3.05 bits per heavy atom.